The van der Waals surface area contributed by atoms with Crippen LogP contribution in [0.5, 0.6) is 5.75 Å². The largest absolute Gasteiger partial charge is 0.492 e. The van der Waals surface area contributed by atoms with Crippen LogP contribution >= 0.6 is 0 Å². The number of hydrogen-bond acceptors (Lipinski definition) is 5. The second-order valence-corrected chi connectivity index (χ2v) is 7.61. The van der Waals surface area contributed by atoms with Crippen LogP contribution in [0.25, 0.3) is 0 Å². The fraction of sp³-hybridized carbons (Fsp3) is 0.522. The zero-order valence-electron chi connectivity index (χ0n) is 18.6. The number of amides is 1. The van der Waals surface area contributed by atoms with E-state index in [-0.39, 0.29) is 23.7 Å². The average Bonchev–Trinajstić information content (AvgIpc) is 2.75. The van der Waals surface area contributed by atoms with Gasteiger partial charge in [-0.05, 0) is 37.2 Å². The molecule has 2 aromatic rings. The van der Waals surface area contributed by atoms with Gasteiger partial charge in [-0.3, -0.25) is 9.59 Å². The van der Waals surface area contributed by atoms with E-state index >= 15 is 0 Å². The number of nitrogens with zero attached hydrogens (tertiary/aromatic N) is 4. The van der Waals surface area contributed by atoms with Gasteiger partial charge in [-0.25, -0.2) is 4.68 Å². The van der Waals surface area contributed by atoms with E-state index in [2.05, 4.69) is 37.7 Å². The summed E-state index contributed by atoms with van der Waals surface area (Å²) in [5.41, 5.74) is 0.0382. The zero-order chi connectivity index (χ0) is 21.9. The van der Waals surface area contributed by atoms with E-state index in [0.717, 1.165) is 25.4 Å². The molecule has 0 radical (unpaired) electrons. The van der Waals surface area contributed by atoms with Gasteiger partial charge in [-0.2, -0.15) is 5.10 Å². The predicted octanol–water partition coefficient (Wildman–Crippen LogP) is 2.76. The minimum Gasteiger partial charge on any atom is -0.492 e. The first-order chi connectivity index (χ1) is 14.4. The van der Waals surface area contributed by atoms with Crippen LogP contribution in [0.2, 0.25) is 0 Å². The lowest BCUT2D eigenvalue weighted by molar-refractivity contribution is 0.0707. The third-order valence-electron chi connectivity index (χ3n) is 4.85. The van der Waals surface area contributed by atoms with Gasteiger partial charge in [0.15, 0.2) is 0 Å². The molecule has 0 saturated carbocycles. The molecule has 0 fully saturated rings. The van der Waals surface area contributed by atoms with Crippen LogP contribution < -0.4 is 10.3 Å². The van der Waals surface area contributed by atoms with Crippen molar-refractivity contribution in [2.75, 3.05) is 39.3 Å². The smallest absolute Gasteiger partial charge is 0.274 e. The van der Waals surface area contributed by atoms with Gasteiger partial charge in [0.25, 0.3) is 11.5 Å². The molecule has 0 aliphatic rings. The van der Waals surface area contributed by atoms with Crippen LogP contribution in [-0.2, 0) is 6.54 Å². The molecule has 164 valence electrons. The average molecular weight is 415 g/mol. The predicted molar refractivity (Wildman–Crippen MR) is 119 cm³/mol. The molecule has 7 heteroatoms. The van der Waals surface area contributed by atoms with E-state index < -0.39 is 0 Å². The molecule has 0 saturated heterocycles. The molecule has 0 atom stereocenters. The maximum atomic E-state index is 13.1. The summed E-state index contributed by atoms with van der Waals surface area (Å²) in [6.45, 7) is 13.0. The van der Waals surface area contributed by atoms with Crippen LogP contribution in [0.3, 0.4) is 0 Å². The molecule has 0 unspecified atom stereocenters. The van der Waals surface area contributed by atoms with E-state index in [1.807, 2.05) is 35.2 Å². The van der Waals surface area contributed by atoms with Crippen LogP contribution in [-0.4, -0.2) is 64.8 Å². The highest BCUT2D eigenvalue weighted by atomic mass is 16.5. The SMILES string of the molecule is CCN(CC)CCN(CC(C)C)C(=O)c1ccc(=O)n(CCOc2ccccc2)n1. The molecular formula is C23H34N4O3. The maximum Gasteiger partial charge on any atom is 0.274 e. The molecular weight excluding hydrogens is 380 g/mol. The lowest BCUT2D eigenvalue weighted by Gasteiger charge is -2.27. The van der Waals surface area contributed by atoms with Crippen molar-refractivity contribution in [3.05, 3.63) is 58.5 Å². The lowest BCUT2D eigenvalue weighted by Crippen LogP contribution is -2.41. The quantitative estimate of drug-likeness (QED) is 0.534. The number of para-hydroxylation sites is 1. The van der Waals surface area contributed by atoms with Crippen LogP contribution in [0.15, 0.2) is 47.3 Å². The molecule has 1 amide bonds. The Bertz CT molecular complexity index is 832. The topological polar surface area (TPSA) is 67.7 Å². The van der Waals surface area contributed by atoms with Gasteiger partial charge < -0.3 is 14.5 Å². The second-order valence-electron chi connectivity index (χ2n) is 7.61. The normalized spacial score (nSPS) is 11.1. The summed E-state index contributed by atoms with van der Waals surface area (Å²) >= 11 is 0. The molecule has 1 aromatic heterocycles. The molecule has 0 N–H and O–H groups in total. The molecule has 2 rings (SSSR count). The number of hydrogen-bond donors (Lipinski definition) is 0. The van der Waals surface area contributed by atoms with Gasteiger partial charge in [0.1, 0.15) is 18.1 Å². The van der Waals surface area contributed by atoms with Gasteiger partial charge in [0.05, 0.1) is 6.54 Å². The van der Waals surface area contributed by atoms with Crippen molar-refractivity contribution in [3.8, 4) is 5.75 Å². The Labute approximate surface area is 179 Å². The first-order valence-electron chi connectivity index (χ1n) is 10.7. The number of likely N-dealkylation sites (N-methyl/N-ethyl adjacent to an activating group) is 1. The Hall–Kier alpha value is -2.67. The highest BCUT2D eigenvalue weighted by Crippen LogP contribution is 2.08. The highest BCUT2D eigenvalue weighted by molar-refractivity contribution is 5.92. The Balaban J connectivity index is 2.08. The van der Waals surface area contributed by atoms with Gasteiger partial charge in [0.2, 0.25) is 0 Å². The summed E-state index contributed by atoms with van der Waals surface area (Å²) in [4.78, 5) is 29.4. The summed E-state index contributed by atoms with van der Waals surface area (Å²) in [5, 5.41) is 4.32. The zero-order valence-corrected chi connectivity index (χ0v) is 18.6. The Morgan fingerprint density at radius 2 is 1.77 bits per heavy atom. The minimum atomic E-state index is -0.248. The Kier molecular flexibility index (Phi) is 9.54. The van der Waals surface area contributed by atoms with Crippen LogP contribution in [0.4, 0.5) is 0 Å². The van der Waals surface area contributed by atoms with Crippen LogP contribution in [0.1, 0.15) is 38.2 Å². The molecule has 0 spiro atoms. The number of rotatable bonds is 12. The first kappa shape index (κ1) is 23.6. The third-order valence-corrected chi connectivity index (χ3v) is 4.85. The van der Waals surface area contributed by atoms with E-state index in [9.17, 15) is 9.59 Å². The fourth-order valence-electron chi connectivity index (χ4n) is 3.17. The minimum absolute atomic E-state index is 0.145. The van der Waals surface area contributed by atoms with Crippen molar-refractivity contribution in [2.45, 2.75) is 34.2 Å². The van der Waals surface area contributed by atoms with Gasteiger partial charge in [-0.1, -0.05) is 45.9 Å². The van der Waals surface area contributed by atoms with Crippen molar-refractivity contribution < 1.29 is 9.53 Å². The van der Waals surface area contributed by atoms with Crippen molar-refractivity contribution in [1.29, 1.82) is 0 Å². The van der Waals surface area contributed by atoms with Crippen molar-refractivity contribution >= 4 is 5.91 Å². The number of benzene rings is 1. The summed E-state index contributed by atoms with van der Waals surface area (Å²) in [6, 6.07) is 12.3. The van der Waals surface area contributed by atoms with E-state index in [1.165, 1.54) is 16.8 Å². The maximum absolute atomic E-state index is 13.1. The first-order valence-corrected chi connectivity index (χ1v) is 10.7. The molecule has 0 aliphatic carbocycles. The van der Waals surface area contributed by atoms with Crippen LogP contribution in [0, 0.1) is 5.92 Å². The summed E-state index contributed by atoms with van der Waals surface area (Å²) in [7, 11) is 0. The van der Waals surface area contributed by atoms with Gasteiger partial charge in [-0.15, -0.1) is 0 Å². The van der Waals surface area contributed by atoms with E-state index in [0.29, 0.717) is 25.6 Å². The molecule has 0 bridgehead atoms. The Morgan fingerprint density at radius 1 is 1.07 bits per heavy atom. The lowest BCUT2D eigenvalue weighted by atomic mass is 10.2. The summed E-state index contributed by atoms with van der Waals surface area (Å²) < 4.78 is 6.95. The van der Waals surface area contributed by atoms with Gasteiger partial charge in [0, 0.05) is 25.7 Å². The standard InChI is InChI=1S/C23H34N4O3/c1-5-25(6-2)14-15-26(18-19(3)4)23(29)21-12-13-22(28)27(24-21)16-17-30-20-10-8-7-9-11-20/h7-13,19H,5-6,14-18H2,1-4H3. The third kappa shape index (κ3) is 7.30. The summed E-state index contributed by atoms with van der Waals surface area (Å²) in [6.07, 6.45) is 0. The molecule has 7 nitrogen and oxygen atoms in total. The number of ether oxygens (including phenoxy) is 1. The van der Waals surface area contributed by atoms with E-state index in [4.69, 9.17) is 4.74 Å². The van der Waals surface area contributed by atoms with E-state index in [1.54, 1.807) is 0 Å². The molecule has 30 heavy (non-hydrogen) atoms. The number of aromatic nitrogens is 2. The molecule has 0 aliphatic heterocycles. The monoisotopic (exact) mass is 414 g/mol. The second kappa shape index (κ2) is 12.1. The highest BCUT2D eigenvalue weighted by Gasteiger charge is 2.20. The fourth-order valence-corrected chi connectivity index (χ4v) is 3.17. The van der Waals surface area contributed by atoms with Gasteiger partial charge >= 0.3 is 0 Å². The number of carbonyl (C=O) groups is 1. The van der Waals surface area contributed by atoms with Crippen molar-refractivity contribution in [1.82, 2.24) is 19.6 Å². The molecule has 1 heterocycles. The Morgan fingerprint density at radius 3 is 2.40 bits per heavy atom. The molecule has 1 aromatic carbocycles. The summed E-state index contributed by atoms with van der Waals surface area (Å²) in [5.74, 6) is 0.932. The van der Waals surface area contributed by atoms with Crippen molar-refractivity contribution in [3.63, 3.8) is 0 Å². The number of carbonyl (C=O) groups excluding carboxylic acids is 1. The van der Waals surface area contributed by atoms with Crippen molar-refractivity contribution in [2.24, 2.45) is 5.92 Å².